The molecular formula is C18H22BrNO. The summed E-state index contributed by atoms with van der Waals surface area (Å²) in [7, 11) is 1.96. The molecular weight excluding hydrogens is 326 g/mol. The second-order valence-electron chi connectivity index (χ2n) is 5.45. The summed E-state index contributed by atoms with van der Waals surface area (Å²) in [4.78, 5) is 0. The van der Waals surface area contributed by atoms with E-state index in [1.165, 1.54) is 11.1 Å². The van der Waals surface area contributed by atoms with E-state index in [0.717, 1.165) is 27.1 Å². The zero-order chi connectivity index (χ0) is 15.6. The van der Waals surface area contributed by atoms with Crippen LogP contribution in [0.4, 0.5) is 0 Å². The molecule has 0 fully saturated rings. The number of hydrogen-bond acceptors (Lipinski definition) is 2. The van der Waals surface area contributed by atoms with Crippen LogP contribution in [-0.2, 0) is 0 Å². The Morgan fingerprint density at radius 3 is 2.38 bits per heavy atom. The molecule has 0 saturated carbocycles. The summed E-state index contributed by atoms with van der Waals surface area (Å²) < 4.78 is 7.33. The highest BCUT2D eigenvalue weighted by atomic mass is 79.9. The van der Waals surface area contributed by atoms with Crippen molar-refractivity contribution in [1.82, 2.24) is 5.32 Å². The van der Waals surface area contributed by atoms with Crippen LogP contribution >= 0.6 is 15.9 Å². The average molecular weight is 348 g/mol. The SMILES string of the molecule is CNC(C)c1cc(Br)ccc1Oc1c(C)ccc(C)c1C. The molecule has 1 N–H and O–H groups in total. The van der Waals surface area contributed by atoms with Gasteiger partial charge in [-0.05, 0) is 69.6 Å². The summed E-state index contributed by atoms with van der Waals surface area (Å²) in [5, 5.41) is 3.27. The summed E-state index contributed by atoms with van der Waals surface area (Å²) in [6.45, 7) is 8.43. The highest BCUT2D eigenvalue weighted by molar-refractivity contribution is 9.10. The van der Waals surface area contributed by atoms with Gasteiger partial charge in [0.25, 0.3) is 0 Å². The standard InChI is InChI=1S/C18H22BrNO/c1-11-6-7-12(2)18(13(11)3)21-17-9-8-15(19)10-16(17)14(4)20-5/h6-10,14,20H,1-5H3. The first-order valence-electron chi connectivity index (χ1n) is 7.15. The van der Waals surface area contributed by atoms with Gasteiger partial charge >= 0.3 is 0 Å². The summed E-state index contributed by atoms with van der Waals surface area (Å²) in [5.41, 5.74) is 4.74. The van der Waals surface area contributed by atoms with Gasteiger partial charge in [0.1, 0.15) is 11.5 Å². The van der Waals surface area contributed by atoms with Crippen LogP contribution < -0.4 is 10.1 Å². The fourth-order valence-corrected chi connectivity index (χ4v) is 2.68. The highest BCUT2D eigenvalue weighted by Crippen LogP contribution is 2.35. The molecule has 0 aromatic heterocycles. The van der Waals surface area contributed by atoms with Crippen LogP contribution in [0, 0.1) is 20.8 Å². The van der Waals surface area contributed by atoms with Crippen molar-refractivity contribution >= 4 is 15.9 Å². The van der Waals surface area contributed by atoms with E-state index in [4.69, 9.17) is 4.74 Å². The van der Waals surface area contributed by atoms with Crippen LogP contribution in [0.1, 0.15) is 35.2 Å². The second-order valence-corrected chi connectivity index (χ2v) is 6.36. The Balaban J connectivity index is 2.47. The molecule has 0 radical (unpaired) electrons. The lowest BCUT2D eigenvalue weighted by Crippen LogP contribution is -2.13. The molecule has 0 aliphatic heterocycles. The van der Waals surface area contributed by atoms with E-state index in [9.17, 15) is 0 Å². The highest BCUT2D eigenvalue weighted by Gasteiger charge is 2.14. The normalized spacial score (nSPS) is 12.3. The molecule has 0 aliphatic carbocycles. The van der Waals surface area contributed by atoms with Gasteiger partial charge in [0.2, 0.25) is 0 Å². The van der Waals surface area contributed by atoms with Gasteiger partial charge < -0.3 is 10.1 Å². The molecule has 0 amide bonds. The Hall–Kier alpha value is -1.32. The first-order valence-corrected chi connectivity index (χ1v) is 7.94. The Labute approximate surface area is 135 Å². The first kappa shape index (κ1) is 16.1. The minimum absolute atomic E-state index is 0.225. The summed E-state index contributed by atoms with van der Waals surface area (Å²) >= 11 is 3.54. The van der Waals surface area contributed by atoms with Crippen molar-refractivity contribution in [2.45, 2.75) is 33.7 Å². The first-order chi connectivity index (χ1) is 9.93. The Morgan fingerprint density at radius 1 is 1.05 bits per heavy atom. The summed E-state index contributed by atoms with van der Waals surface area (Å²) in [5.74, 6) is 1.86. The molecule has 2 aromatic rings. The monoisotopic (exact) mass is 347 g/mol. The quantitative estimate of drug-likeness (QED) is 0.794. The summed E-state index contributed by atoms with van der Waals surface area (Å²) in [6, 6.07) is 10.6. The van der Waals surface area contributed by atoms with E-state index >= 15 is 0 Å². The fourth-order valence-electron chi connectivity index (χ4n) is 2.30. The Morgan fingerprint density at radius 2 is 1.71 bits per heavy atom. The maximum absolute atomic E-state index is 6.27. The third-order valence-electron chi connectivity index (χ3n) is 3.96. The molecule has 112 valence electrons. The molecule has 0 bridgehead atoms. The van der Waals surface area contributed by atoms with E-state index in [1.807, 2.05) is 19.2 Å². The van der Waals surface area contributed by atoms with Crippen molar-refractivity contribution in [3.63, 3.8) is 0 Å². The van der Waals surface area contributed by atoms with E-state index in [2.05, 4.69) is 67.1 Å². The predicted octanol–water partition coefficient (Wildman–Crippen LogP) is 5.45. The number of rotatable bonds is 4. The lowest BCUT2D eigenvalue weighted by Gasteiger charge is -2.19. The molecule has 1 atom stereocenters. The van der Waals surface area contributed by atoms with Crippen LogP contribution in [0.25, 0.3) is 0 Å². The number of hydrogen-bond donors (Lipinski definition) is 1. The van der Waals surface area contributed by atoms with E-state index < -0.39 is 0 Å². The van der Waals surface area contributed by atoms with Gasteiger partial charge in [-0.3, -0.25) is 0 Å². The third kappa shape index (κ3) is 3.47. The van der Waals surface area contributed by atoms with Gasteiger partial charge in [-0.15, -0.1) is 0 Å². The molecule has 3 heteroatoms. The molecule has 1 unspecified atom stereocenters. The van der Waals surface area contributed by atoms with Crippen molar-refractivity contribution < 1.29 is 4.74 Å². The van der Waals surface area contributed by atoms with Crippen LogP contribution in [0.5, 0.6) is 11.5 Å². The smallest absolute Gasteiger partial charge is 0.133 e. The van der Waals surface area contributed by atoms with Crippen molar-refractivity contribution in [2.75, 3.05) is 7.05 Å². The second kappa shape index (κ2) is 6.63. The average Bonchev–Trinajstić information content (AvgIpc) is 2.48. The van der Waals surface area contributed by atoms with Crippen molar-refractivity contribution in [2.24, 2.45) is 0 Å². The van der Waals surface area contributed by atoms with Gasteiger partial charge in [-0.2, -0.15) is 0 Å². The van der Waals surface area contributed by atoms with Crippen molar-refractivity contribution in [3.8, 4) is 11.5 Å². The lowest BCUT2D eigenvalue weighted by molar-refractivity contribution is 0.459. The molecule has 0 aliphatic rings. The van der Waals surface area contributed by atoms with Crippen molar-refractivity contribution in [3.05, 3.63) is 57.1 Å². The van der Waals surface area contributed by atoms with Crippen LogP contribution in [0.2, 0.25) is 0 Å². The van der Waals surface area contributed by atoms with Crippen LogP contribution in [0.15, 0.2) is 34.8 Å². The minimum atomic E-state index is 0.225. The third-order valence-corrected chi connectivity index (χ3v) is 4.45. The Kier molecular flexibility index (Phi) is 5.07. The van der Waals surface area contributed by atoms with Gasteiger partial charge in [0, 0.05) is 16.1 Å². The maximum Gasteiger partial charge on any atom is 0.133 e. The summed E-state index contributed by atoms with van der Waals surface area (Å²) in [6.07, 6.45) is 0. The molecule has 0 heterocycles. The van der Waals surface area contributed by atoms with Crippen LogP contribution in [-0.4, -0.2) is 7.05 Å². The molecule has 2 nitrogen and oxygen atoms in total. The minimum Gasteiger partial charge on any atom is -0.456 e. The zero-order valence-corrected chi connectivity index (χ0v) is 14.8. The molecule has 2 aromatic carbocycles. The van der Waals surface area contributed by atoms with E-state index in [1.54, 1.807) is 0 Å². The van der Waals surface area contributed by atoms with E-state index in [0.29, 0.717) is 0 Å². The Bertz CT molecular complexity index is 652. The van der Waals surface area contributed by atoms with Crippen LogP contribution in [0.3, 0.4) is 0 Å². The number of ether oxygens (including phenoxy) is 1. The number of nitrogens with one attached hydrogen (secondary N) is 1. The van der Waals surface area contributed by atoms with Gasteiger partial charge in [-0.25, -0.2) is 0 Å². The molecule has 2 rings (SSSR count). The van der Waals surface area contributed by atoms with Gasteiger partial charge in [0.05, 0.1) is 0 Å². The zero-order valence-electron chi connectivity index (χ0n) is 13.3. The number of benzene rings is 2. The number of aryl methyl sites for hydroxylation is 2. The van der Waals surface area contributed by atoms with Gasteiger partial charge in [0.15, 0.2) is 0 Å². The van der Waals surface area contributed by atoms with Crippen molar-refractivity contribution in [1.29, 1.82) is 0 Å². The number of halogens is 1. The lowest BCUT2D eigenvalue weighted by atomic mass is 10.0. The predicted molar refractivity (Wildman–Crippen MR) is 92.3 cm³/mol. The fraction of sp³-hybridized carbons (Fsp3) is 0.333. The topological polar surface area (TPSA) is 21.3 Å². The molecule has 0 saturated heterocycles. The molecule has 0 spiro atoms. The maximum atomic E-state index is 6.27. The largest absolute Gasteiger partial charge is 0.456 e. The molecule has 21 heavy (non-hydrogen) atoms. The van der Waals surface area contributed by atoms with E-state index in [-0.39, 0.29) is 6.04 Å². The van der Waals surface area contributed by atoms with Gasteiger partial charge in [-0.1, -0.05) is 28.1 Å².